The summed E-state index contributed by atoms with van der Waals surface area (Å²) in [5.41, 5.74) is 5.76. The van der Waals surface area contributed by atoms with Gasteiger partial charge in [0.2, 0.25) is 0 Å². The third-order valence-electron chi connectivity index (χ3n) is 2.29. The second kappa shape index (κ2) is 8.20. The van der Waals surface area contributed by atoms with Crippen molar-refractivity contribution in [2.45, 2.75) is 25.3 Å². The van der Waals surface area contributed by atoms with Gasteiger partial charge in [-0.25, -0.2) is 0 Å². The van der Waals surface area contributed by atoms with E-state index < -0.39 is 0 Å². The molecule has 0 aliphatic carbocycles. The van der Waals surface area contributed by atoms with Crippen molar-refractivity contribution in [2.75, 3.05) is 12.4 Å². The highest BCUT2D eigenvalue weighted by molar-refractivity contribution is 14.1. The van der Waals surface area contributed by atoms with Gasteiger partial charge in [0, 0.05) is 15.4 Å². The maximum atomic E-state index is 5.76. The topological polar surface area (TPSA) is 35.2 Å². The van der Waals surface area contributed by atoms with Crippen LogP contribution in [0.2, 0.25) is 0 Å². The maximum absolute atomic E-state index is 5.76. The van der Waals surface area contributed by atoms with Crippen molar-refractivity contribution >= 4 is 35.2 Å². The highest BCUT2D eigenvalue weighted by atomic mass is 127. The minimum atomic E-state index is 0.224. The number of benzene rings is 1. The number of hydrogen-bond acceptors (Lipinski definition) is 3. The van der Waals surface area contributed by atoms with Crippen LogP contribution in [-0.2, 0) is 0 Å². The first-order valence-corrected chi connectivity index (χ1v) is 7.18. The molecule has 0 unspecified atom stereocenters. The van der Waals surface area contributed by atoms with E-state index in [0.29, 0.717) is 0 Å². The SMILES string of the molecule is N[C@@H](CS)CCCCOc1ccc(I)cc1. The Morgan fingerprint density at radius 3 is 2.56 bits per heavy atom. The normalized spacial score (nSPS) is 12.4. The average Bonchev–Trinajstić information content (AvgIpc) is 2.31. The summed E-state index contributed by atoms with van der Waals surface area (Å²) < 4.78 is 6.84. The van der Waals surface area contributed by atoms with Crippen LogP contribution in [0, 0.1) is 3.57 Å². The number of rotatable bonds is 7. The Bertz CT molecular complexity index is 292. The summed E-state index contributed by atoms with van der Waals surface area (Å²) in [6, 6.07) is 8.32. The molecular formula is C12H18INOS. The standard InChI is InChI=1S/C12H18INOS/c13-10-4-6-12(7-5-10)15-8-2-1-3-11(14)9-16/h4-7,11,16H,1-3,8-9,14H2/t11-/m1/s1. The molecule has 2 N–H and O–H groups in total. The van der Waals surface area contributed by atoms with E-state index in [4.69, 9.17) is 10.5 Å². The van der Waals surface area contributed by atoms with Crippen molar-refractivity contribution < 1.29 is 4.74 Å². The van der Waals surface area contributed by atoms with Gasteiger partial charge in [-0.2, -0.15) is 12.6 Å². The highest BCUT2D eigenvalue weighted by Gasteiger charge is 1.99. The van der Waals surface area contributed by atoms with Crippen molar-refractivity contribution in [3.8, 4) is 5.75 Å². The fourth-order valence-corrected chi connectivity index (χ4v) is 1.86. The van der Waals surface area contributed by atoms with E-state index in [-0.39, 0.29) is 6.04 Å². The van der Waals surface area contributed by atoms with E-state index in [2.05, 4.69) is 35.2 Å². The molecule has 0 saturated heterocycles. The maximum Gasteiger partial charge on any atom is 0.119 e. The molecule has 0 fully saturated rings. The molecule has 0 heterocycles. The fraction of sp³-hybridized carbons (Fsp3) is 0.500. The summed E-state index contributed by atoms with van der Waals surface area (Å²) in [6.07, 6.45) is 3.18. The Labute approximate surface area is 116 Å². The summed E-state index contributed by atoms with van der Waals surface area (Å²) in [5, 5.41) is 0. The molecule has 2 nitrogen and oxygen atoms in total. The molecule has 16 heavy (non-hydrogen) atoms. The molecule has 0 aliphatic heterocycles. The number of hydrogen-bond donors (Lipinski definition) is 2. The van der Waals surface area contributed by atoms with E-state index in [1.165, 1.54) is 3.57 Å². The Hall–Kier alpha value is 0.0600. The second-order valence-electron chi connectivity index (χ2n) is 3.74. The summed E-state index contributed by atoms with van der Waals surface area (Å²) in [5.74, 6) is 1.71. The quantitative estimate of drug-likeness (QED) is 0.450. The molecule has 0 amide bonds. The van der Waals surface area contributed by atoms with Gasteiger partial charge in [0.1, 0.15) is 5.75 Å². The van der Waals surface area contributed by atoms with Gasteiger partial charge in [-0.3, -0.25) is 0 Å². The Morgan fingerprint density at radius 2 is 1.94 bits per heavy atom. The van der Waals surface area contributed by atoms with Gasteiger partial charge in [-0.15, -0.1) is 0 Å². The Kier molecular flexibility index (Phi) is 7.23. The lowest BCUT2D eigenvalue weighted by Crippen LogP contribution is -2.21. The molecule has 0 aromatic heterocycles. The van der Waals surface area contributed by atoms with Gasteiger partial charge in [-0.05, 0) is 66.1 Å². The van der Waals surface area contributed by atoms with Gasteiger partial charge in [0.15, 0.2) is 0 Å². The first-order valence-electron chi connectivity index (χ1n) is 5.47. The van der Waals surface area contributed by atoms with E-state index in [1.54, 1.807) is 0 Å². The van der Waals surface area contributed by atoms with Crippen molar-refractivity contribution in [2.24, 2.45) is 5.73 Å². The minimum absolute atomic E-state index is 0.224. The van der Waals surface area contributed by atoms with E-state index >= 15 is 0 Å². The third-order valence-corrected chi connectivity index (χ3v) is 3.47. The molecule has 0 bridgehead atoms. The zero-order chi connectivity index (χ0) is 11.8. The lowest BCUT2D eigenvalue weighted by atomic mass is 10.1. The molecule has 1 aromatic carbocycles. The fourth-order valence-electron chi connectivity index (χ4n) is 1.32. The molecule has 1 rings (SSSR count). The third kappa shape index (κ3) is 5.96. The molecule has 0 saturated carbocycles. The van der Waals surface area contributed by atoms with Crippen LogP contribution in [-0.4, -0.2) is 18.4 Å². The molecule has 0 aliphatic rings. The number of thiol groups is 1. The van der Waals surface area contributed by atoms with Crippen LogP contribution in [0.1, 0.15) is 19.3 Å². The highest BCUT2D eigenvalue weighted by Crippen LogP contribution is 2.14. The molecule has 4 heteroatoms. The van der Waals surface area contributed by atoms with Crippen molar-refractivity contribution in [3.63, 3.8) is 0 Å². The van der Waals surface area contributed by atoms with Crippen LogP contribution >= 0.6 is 35.2 Å². The molecule has 1 atom stereocenters. The predicted octanol–water partition coefficient (Wildman–Crippen LogP) is 3.10. The monoisotopic (exact) mass is 351 g/mol. The lowest BCUT2D eigenvalue weighted by Gasteiger charge is -2.08. The van der Waals surface area contributed by atoms with Crippen LogP contribution < -0.4 is 10.5 Å². The Balaban J connectivity index is 2.09. The molecule has 0 radical (unpaired) electrons. The molecule has 1 aromatic rings. The van der Waals surface area contributed by atoms with Crippen LogP contribution in [0.15, 0.2) is 24.3 Å². The van der Waals surface area contributed by atoms with Gasteiger partial charge >= 0.3 is 0 Å². The van der Waals surface area contributed by atoms with E-state index in [1.807, 2.05) is 24.3 Å². The van der Waals surface area contributed by atoms with Crippen molar-refractivity contribution in [3.05, 3.63) is 27.8 Å². The number of nitrogens with two attached hydrogens (primary N) is 1. The second-order valence-corrected chi connectivity index (χ2v) is 5.35. The summed E-state index contributed by atoms with van der Waals surface area (Å²) in [4.78, 5) is 0. The Morgan fingerprint density at radius 1 is 1.25 bits per heavy atom. The molecule has 90 valence electrons. The number of ether oxygens (including phenoxy) is 1. The average molecular weight is 351 g/mol. The first-order chi connectivity index (χ1) is 7.72. The first kappa shape index (κ1) is 14.1. The van der Waals surface area contributed by atoms with Crippen molar-refractivity contribution in [1.29, 1.82) is 0 Å². The zero-order valence-corrected chi connectivity index (χ0v) is 12.3. The number of halogens is 1. The van der Waals surface area contributed by atoms with E-state index in [0.717, 1.165) is 37.4 Å². The van der Waals surface area contributed by atoms with Crippen LogP contribution in [0.3, 0.4) is 0 Å². The summed E-state index contributed by atoms with van der Waals surface area (Å²) >= 11 is 6.43. The van der Waals surface area contributed by atoms with Crippen LogP contribution in [0.5, 0.6) is 5.75 Å². The largest absolute Gasteiger partial charge is 0.494 e. The number of unbranched alkanes of at least 4 members (excludes halogenated alkanes) is 1. The molecular weight excluding hydrogens is 333 g/mol. The zero-order valence-electron chi connectivity index (χ0n) is 9.23. The predicted molar refractivity (Wildman–Crippen MR) is 80.3 cm³/mol. The van der Waals surface area contributed by atoms with Crippen LogP contribution in [0.25, 0.3) is 0 Å². The smallest absolute Gasteiger partial charge is 0.119 e. The van der Waals surface area contributed by atoms with Gasteiger partial charge in [0.05, 0.1) is 6.61 Å². The van der Waals surface area contributed by atoms with Gasteiger partial charge in [0.25, 0.3) is 0 Å². The molecule has 0 spiro atoms. The van der Waals surface area contributed by atoms with Crippen molar-refractivity contribution in [1.82, 2.24) is 0 Å². The van der Waals surface area contributed by atoms with Gasteiger partial charge in [-0.1, -0.05) is 0 Å². The minimum Gasteiger partial charge on any atom is -0.494 e. The summed E-state index contributed by atoms with van der Waals surface area (Å²) in [7, 11) is 0. The lowest BCUT2D eigenvalue weighted by molar-refractivity contribution is 0.304. The van der Waals surface area contributed by atoms with E-state index in [9.17, 15) is 0 Å². The summed E-state index contributed by atoms with van der Waals surface area (Å²) in [6.45, 7) is 0.764. The van der Waals surface area contributed by atoms with Gasteiger partial charge < -0.3 is 10.5 Å². The van der Waals surface area contributed by atoms with Crippen LogP contribution in [0.4, 0.5) is 0 Å².